The molecule has 1 saturated heterocycles. The number of piperazine rings is 1. The summed E-state index contributed by atoms with van der Waals surface area (Å²) >= 11 is 0. The third kappa shape index (κ3) is 4.61. The smallest absolute Gasteiger partial charge is 0.325 e. The second kappa shape index (κ2) is 5.52. The minimum Gasteiger partial charge on any atom is -0.480 e. The Hall–Kier alpha value is -1.34. The van der Waals surface area contributed by atoms with Crippen molar-refractivity contribution in [3.63, 3.8) is 0 Å². The second-order valence-electron chi connectivity index (χ2n) is 3.50. The number of carboxylic acids is 1. The van der Waals surface area contributed by atoms with Crippen molar-refractivity contribution in [2.75, 3.05) is 39.8 Å². The standard InChI is InChI=1S/C8H17N5O2/c1-12-2-4-13(5-3-12)11-8(9)10-6-7(14)15/h2-6H2,1H3,(H,14,15)(H3,9,10,11). The zero-order valence-electron chi connectivity index (χ0n) is 8.81. The van der Waals surface area contributed by atoms with E-state index < -0.39 is 5.97 Å². The Morgan fingerprint density at radius 1 is 1.47 bits per heavy atom. The summed E-state index contributed by atoms with van der Waals surface area (Å²) in [4.78, 5) is 16.1. The van der Waals surface area contributed by atoms with Gasteiger partial charge in [0.05, 0.1) is 0 Å². The van der Waals surface area contributed by atoms with Crippen molar-refractivity contribution in [1.29, 1.82) is 0 Å². The van der Waals surface area contributed by atoms with E-state index in [1.54, 1.807) is 0 Å². The van der Waals surface area contributed by atoms with Gasteiger partial charge in [0.2, 0.25) is 5.96 Å². The van der Waals surface area contributed by atoms with Gasteiger partial charge in [-0.15, -0.1) is 0 Å². The lowest BCUT2D eigenvalue weighted by molar-refractivity contribution is -0.135. The molecule has 0 bridgehead atoms. The minimum atomic E-state index is -0.988. The summed E-state index contributed by atoms with van der Waals surface area (Å²) in [5.74, 6) is -0.833. The van der Waals surface area contributed by atoms with E-state index >= 15 is 0 Å². The number of hydrogen-bond acceptors (Lipinski definition) is 4. The molecule has 86 valence electrons. The van der Waals surface area contributed by atoms with Crippen molar-refractivity contribution < 1.29 is 9.90 Å². The highest BCUT2D eigenvalue weighted by molar-refractivity contribution is 5.80. The van der Waals surface area contributed by atoms with Gasteiger partial charge in [-0.2, -0.15) is 0 Å². The molecular formula is C8H17N5O2. The number of nitrogens with two attached hydrogens (primary N) is 1. The van der Waals surface area contributed by atoms with E-state index in [1.807, 2.05) is 5.01 Å². The number of aliphatic carboxylic acids is 1. The first kappa shape index (κ1) is 11.7. The number of carboxylic acid groups (broad SMARTS) is 1. The molecule has 0 aliphatic carbocycles. The highest BCUT2D eigenvalue weighted by Gasteiger charge is 2.13. The van der Waals surface area contributed by atoms with Gasteiger partial charge in [0, 0.05) is 26.2 Å². The van der Waals surface area contributed by atoms with Crippen molar-refractivity contribution in [2.45, 2.75) is 0 Å². The second-order valence-corrected chi connectivity index (χ2v) is 3.50. The van der Waals surface area contributed by atoms with E-state index in [4.69, 9.17) is 10.8 Å². The summed E-state index contributed by atoms with van der Waals surface area (Å²) in [5, 5.41) is 10.3. The molecule has 0 aromatic rings. The largest absolute Gasteiger partial charge is 0.480 e. The van der Waals surface area contributed by atoms with Crippen LogP contribution >= 0.6 is 0 Å². The van der Waals surface area contributed by atoms with Gasteiger partial charge in [0.1, 0.15) is 6.54 Å². The monoisotopic (exact) mass is 215 g/mol. The molecule has 1 aliphatic heterocycles. The topological polar surface area (TPSA) is 94.2 Å². The number of hydrazine groups is 1. The molecule has 1 aliphatic rings. The van der Waals surface area contributed by atoms with Gasteiger partial charge in [-0.25, -0.2) is 10.0 Å². The summed E-state index contributed by atoms with van der Waals surface area (Å²) in [6.45, 7) is 3.31. The lowest BCUT2D eigenvalue weighted by Crippen LogP contribution is -2.54. The number of likely N-dealkylation sites (N-methyl/N-ethyl adjacent to an activating group) is 1. The molecule has 1 rings (SSSR count). The maximum atomic E-state index is 10.2. The van der Waals surface area contributed by atoms with Gasteiger partial charge in [-0.05, 0) is 7.05 Å². The van der Waals surface area contributed by atoms with Crippen LogP contribution in [0.4, 0.5) is 0 Å². The summed E-state index contributed by atoms with van der Waals surface area (Å²) in [6.07, 6.45) is 0. The fraction of sp³-hybridized carbons (Fsp3) is 0.750. The number of nitrogens with zero attached hydrogens (tertiary/aromatic N) is 3. The molecule has 0 amide bonds. The third-order valence-electron chi connectivity index (χ3n) is 2.16. The fourth-order valence-corrected chi connectivity index (χ4v) is 1.27. The van der Waals surface area contributed by atoms with Crippen LogP contribution < -0.4 is 11.2 Å². The van der Waals surface area contributed by atoms with E-state index in [0.717, 1.165) is 26.2 Å². The van der Waals surface area contributed by atoms with Crippen molar-refractivity contribution in [1.82, 2.24) is 15.3 Å². The van der Waals surface area contributed by atoms with Gasteiger partial charge in [-0.1, -0.05) is 0 Å². The number of rotatable bonds is 3. The van der Waals surface area contributed by atoms with Crippen molar-refractivity contribution in [3.8, 4) is 0 Å². The molecular weight excluding hydrogens is 198 g/mol. The van der Waals surface area contributed by atoms with Crippen LogP contribution in [0.3, 0.4) is 0 Å². The quantitative estimate of drug-likeness (QED) is 0.377. The summed E-state index contributed by atoms with van der Waals surface area (Å²) in [5.41, 5.74) is 8.37. The third-order valence-corrected chi connectivity index (χ3v) is 2.16. The Labute approximate surface area is 88.5 Å². The predicted octanol–water partition coefficient (Wildman–Crippen LogP) is -1.86. The van der Waals surface area contributed by atoms with Crippen LogP contribution in [-0.2, 0) is 4.79 Å². The number of aliphatic imine (C=N–C) groups is 1. The number of hydrogen-bond donors (Lipinski definition) is 3. The molecule has 0 saturated carbocycles. The fourth-order valence-electron chi connectivity index (χ4n) is 1.27. The number of nitrogens with one attached hydrogen (secondary N) is 1. The maximum absolute atomic E-state index is 10.2. The lowest BCUT2D eigenvalue weighted by atomic mass is 10.4. The average molecular weight is 215 g/mol. The van der Waals surface area contributed by atoms with Gasteiger partial charge in [-0.3, -0.25) is 10.2 Å². The van der Waals surface area contributed by atoms with Crippen LogP contribution in [0.15, 0.2) is 4.99 Å². The van der Waals surface area contributed by atoms with E-state index in [0.29, 0.717) is 0 Å². The molecule has 0 spiro atoms. The molecule has 0 aromatic carbocycles. The first-order valence-electron chi connectivity index (χ1n) is 4.80. The Balaban J connectivity index is 2.28. The SMILES string of the molecule is CN1CCN(NC(N)=NCC(=O)O)CC1. The molecule has 0 atom stereocenters. The maximum Gasteiger partial charge on any atom is 0.325 e. The number of guanidine groups is 1. The molecule has 7 heteroatoms. The predicted molar refractivity (Wildman–Crippen MR) is 56.3 cm³/mol. The van der Waals surface area contributed by atoms with Gasteiger partial charge in [0.15, 0.2) is 0 Å². The van der Waals surface area contributed by atoms with Crippen LogP contribution in [0.25, 0.3) is 0 Å². The Bertz CT molecular complexity index is 247. The molecule has 7 nitrogen and oxygen atoms in total. The summed E-state index contributed by atoms with van der Waals surface area (Å²) < 4.78 is 0. The zero-order chi connectivity index (χ0) is 11.3. The van der Waals surface area contributed by atoms with E-state index in [-0.39, 0.29) is 12.5 Å². The van der Waals surface area contributed by atoms with Crippen molar-refractivity contribution in [2.24, 2.45) is 10.7 Å². The van der Waals surface area contributed by atoms with Gasteiger partial charge >= 0.3 is 5.97 Å². The number of carbonyl (C=O) groups is 1. The first-order chi connectivity index (χ1) is 7.08. The lowest BCUT2D eigenvalue weighted by Gasteiger charge is -2.32. The Morgan fingerprint density at radius 3 is 2.60 bits per heavy atom. The Morgan fingerprint density at radius 2 is 2.07 bits per heavy atom. The summed E-state index contributed by atoms with van der Waals surface area (Å²) in [7, 11) is 2.05. The van der Waals surface area contributed by atoms with Crippen molar-refractivity contribution >= 4 is 11.9 Å². The van der Waals surface area contributed by atoms with Crippen molar-refractivity contribution in [3.05, 3.63) is 0 Å². The van der Waals surface area contributed by atoms with E-state index in [1.165, 1.54) is 0 Å². The van der Waals surface area contributed by atoms with Crippen LogP contribution in [0, 0.1) is 0 Å². The summed E-state index contributed by atoms with van der Waals surface area (Å²) in [6, 6.07) is 0. The average Bonchev–Trinajstić information content (AvgIpc) is 2.19. The van der Waals surface area contributed by atoms with Crippen LogP contribution in [0.5, 0.6) is 0 Å². The molecule has 15 heavy (non-hydrogen) atoms. The molecule has 1 fully saturated rings. The molecule has 1 heterocycles. The van der Waals surface area contributed by atoms with E-state index in [2.05, 4.69) is 22.4 Å². The normalized spacial score (nSPS) is 20.2. The molecule has 0 aromatic heterocycles. The van der Waals surface area contributed by atoms with E-state index in [9.17, 15) is 4.79 Å². The first-order valence-corrected chi connectivity index (χ1v) is 4.80. The minimum absolute atomic E-state index is 0.155. The van der Waals surface area contributed by atoms with Crippen LogP contribution in [-0.4, -0.2) is 66.7 Å². The highest BCUT2D eigenvalue weighted by atomic mass is 16.4. The Kier molecular flexibility index (Phi) is 4.32. The zero-order valence-corrected chi connectivity index (χ0v) is 8.81. The van der Waals surface area contributed by atoms with Gasteiger partial charge in [0.25, 0.3) is 0 Å². The van der Waals surface area contributed by atoms with Gasteiger partial charge < -0.3 is 15.7 Å². The van der Waals surface area contributed by atoms with Crippen LogP contribution in [0.1, 0.15) is 0 Å². The molecule has 4 N–H and O–H groups in total. The molecule has 0 radical (unpaired) electrons. The highest BCUT2D eigenvalue weighted by Crippen LogP contribution is 1.94. The van der Waals surface area contributed by atoms with Crippen LogP contribution in [0.2, 0.25) is 0 Å². The molecule has 0 unspecified atom stereocenters.